The van der Waals surface area contributed by atoms with Gasteiger partial charge in [0.05, 0.1) is 12.2 Å². The highest BCUT2D eigenvalue weighted by molar-refractivity contribution is 7.89. The molecule has 0 saturated heterocycles. The van der Waals surface area contributed by atoms with Crippen molar-refractivity contribution in [3.05, 3.63) is 30.4 Å². The third-order valence-electron chi connectivity index (χ3n) is 2.41. The Balaban J connectivity index is 2.12. The summed E-state index contributed by atoms with van der Waals surface area (Å²) in [6.07, 6.45) is 1.59. The van der Waals surface area contributed by atoms with Crippen LogP contribution in [0.2, 0.25) is 0 Å². The zero-order chi connectivity index (χ0) is 14.0. The SMILES string of the molecule is Cn1cnc(CNc2ccc(S(N)(=O)=O)c(N)c2)n1. The molecule has 0 spiro atoms. The van der Waals surface area contributed by atoms with Crippen LogP contribution in [0.25, 0.3) is 0 Å². The average molecular weight is 282 g/mol. The standard InChI is InChI=1S/C10H14N6O2S/c1-16-6-14-10(15-16)5-13-7-2-3-9(8(11)4-7)19(12,17)18/h2-4,6,13H,5,11H2,1H3,(H2,12,17,18). The topological polar surface area (TPSA) is 129 Å². The van der Waals surface area contributed by atoms with Gasteiger partial charge in [-0.05, 0) is 18.2 Å². The number of aryl methyl sites for hydroxylation is 1. The molecule has 5 N–H and O–H groups in total. The number of nitrogen functional groups attached to an aromatic ring is 1. The first-order valence-electron chi connectivity index (χ1n) is 5.37. The van der Waals surface area contributed by atoms with E-state index in [4.69, 9.17) is 10.9 Å². The normalized spacial score (nSPS) is 11.5. The number of nitrogens with one attached hydrogen (secondary N) is 1. The number of aromatic nitrogens is 3. The summed E-state index contributed by atoms with van der Waals surface area (Å²) in [6.45, 7) is 0.412. The van der Waals surface area contributed by atoms with E-state index in [-0.39, 0.29) is 10.6 Å². The first-order chi connectivity index (χ1) is 8.86. The Labute approximate surface area is 110 Å². The van der Waals surface area contributed by atoms with Gasteiger partial charge in [0.2, 0.25) is 10.0 Å². The summed E-state index contributed by atoms with van der Waals surface area (Å²) >= 11 is 0. The molecule has 0 amide bonds. The smallest absolute Gasteiger partial charge is 0.240 e. The van der Waals surface area contributed by atoms with Gasteiger partial charge in [0, 0.05) is 12.7 Å². The Morgan fingerprint density at radius 2 is 2.16 bits per heavy atom. The Hall–Kier alpha value is -2.13. The molecule has 1 heterocycles. The van der Waals surface area contributed by atoms with Gasteiger partial charge in [-0.15, -0.1) is 0 Å². The van der Waals surface area contributed by atoms with Crippen LogP contribution in [0.1, 0.15) is 5.82 Å². The lowest BCUT2D eigenvalue weighted by atomic mass is 10.3. The van der Waals surface area contributed by atoms with E-state index in [1.807, 2.05) is 0 Å². The average Bonchev–Trinajstić information content (AvgIpc) is 2.71. The molecule has 2 rings (SSSR count). The number of rotatable bonds is 4. The van der Waals surface area contributed by atoms with Gasteiger partial charge in [-0.25, -0.2) is 18.5 Å². The molecule has 0 aliphatic carbocycles. The molecule has 0 radical (unpaired) electrons. The summed E-state index contributed by atoms with van der Waals surface area (Å²) in [5.74, 6) is 0.622. The van der Waals surface area contributed by atoms with Crippen LogP contribution in [0.5, 0.6) is 0 Å². The second kappa shape index (κ2) is 4.86. The van der Waals surface area contributed by atoms with Crippen molar-refractivity contribution in [1.29, 1.82) is 0 Å². The van der Waals surface area contributed by atoms with Crippen molar-refractivity contribution in [2.75, 3.05) is 11.1 Å². The molecule has 1 aromatic carbocycles. The van der Waals surface area contributed by atoms with Crippen LogP contribution in [-0.4, -0.2) is 23.2 Å². The second-order valence-corrected chi connectivity index (χ2v) is 5.52. The molecule has 0 fully saturated rings. The molecule has 0 atom stereocenters. The van der Waals surface area contributed by atoms with Crippen LogP contribution >= 0.6 is 0 Å². The highest BCUT2D eigenvalue weighted by Crippen LogP contribution is 2.21. The summed E-state index contributed by atoms with van der Waals surface area (Å²) in [5.41, 5.74) is 6.41. The van der Waals surface area contributed by atoms with Gasteiger partial charge in [-0.2, -0.15) is 5.10 Å². The number of hydrogen-bond acceptors (Lipinski definition) is 6. The fourth-order valence-corrected chi connectivity index (χ4v) is 2.21. The third-order valence-corrected chi connectivity index (χ3v) is 3.40. The van der Waals surface area contributed by atoms with Crippen molar-refractivity contribution in [3.8, 4) is 0 Å². The van der Waals surface area contributed by atoms with Gasteiger partial charge in [0.1, 0.15) is 11.2 Å². The van der Waals surface area contributed by atoms with Crippen LogP contribution in [-0.2, 0) is 23.6 Å². The van der Waals surface area contributed by atoms with E-state index in [2.05, 4.69) is 15.4 Å². The van der Waals surface area contributed by atoms with Crippen LogP contribution in [0, 0.1) is 0 Å². The van der Waals surface area contributed by atoms with E-state index in [9.17, 15) is 8.42 Å². The Morgan fingerprint density at radius 1 is 1.42 bits per heavy atom. The number of sulfonamides is 1. The fraction of sp³-hybridized carbons (Fsp3) is 0.200. The maximum atomic E-state index is 11.2. The molecule has 0 unspecified atom stereocenters. The first-order valence-corrected chi connectivity index (χ1v) is 6.91. The van der Waals surface area contributed by atoms with Crippen LogP contribution in [0.4, 0.5) is 11.4 Å². The Bertz CT molecular complexity index is 694. The highest BCUT2D eigenvalue weighted by atomic mass is 32.2. The zero-order valence-electron chi connectivity index (χ0n) is 10.2. The van der Waals surface area contributed by atoms with Gasteiger partial charge in [-0.3, -0.25) is 4.68 Å². The molecule has 1 aromatic heterocycles. The van der Waals surface area contributed by atoms with E-state index < -0.39 is 10.0 Å². The maximum Gasteiger partial charge on any atom is 0.240 e. The monoisotopic (exact) mass is 282 g/mol. The highest BCUT2D eigenvalue weighted by Gasteiger charge is 2.12. The van der Waals surface area contributed by atoms with E-state index in [0.29, 0.717) is 18.1 Å². The predicted molar refractivity (Wildman–Crippen MR) is 70.6 cm³/mol. The first kappa shape index (κ1) is 13.3. The Morgan fingerprint density at radius 3 is 2.68 bits per heavy atom. The van der Waals surface area contributed by atoms with Crippen LogP contribution in [0.15, 0.2) is 29.4 Å². The van der Waals surface area contributed by atoms with E-state index in [1.54, 1.807) is 24.1 Å². The van der Waals surface area contributed by atoms with Gasteiger partial charge in [0.25, 0.3) is 0 Å². The minimum Gasteiger partial charge on any atom is -0.398 e. The predicted octanol–water partition coefficient (Wildman–Crippen LogP) is -0.343. The number of hydrogen-bond donors (Lipinski definition) is 3. The summed E-state index contributed by atoms with van der Waals surface area (Å²) < 4.78 is 24.0. The lowest BCUT2D eigenvalue weighted by Crippen LogP contribution is -2.14. The van der Waals surface area contributed by atoms with Crippen molar-refractivity contribution in [1.82, 2.24) is 14.8 Å². The third kappa shape index (κ3) is 3.20. The van der Waals surface area contributed by atoms with Gasteiger partial charge in [-0.1, -0.05) is 0 Å². The number of benzene rings is 1. The minimum atomic E-state index is -3.79. The van der Waals surface area contributed by atoms with Crippen molar-refractivity contribution in [3.63, 3.8) is 0 Å². The molecule has 9 heteroatoms. The van der Waals surface area contributed by atoms with E-state index in [0.717, 1.165) is 0 Å². The number of primary sulfonamides is 1. The second-order valence-electron chi connectivity index (χ2n) is 3.99. The molecule has 0 bridgehead atoms. The van der Waals surface area contributed by atoms with E-state index >= 15 is 0 Å². The minimum absolute atomic E-state index is 0.0889. The molecule has 0 aliphatic rings. The molecule has 19 heavy (non-hydrogen) atoms. The summed E-state index contributed by atoms with van der Waals surface area (Å²) in [4.78, 5) is 3.96. The summed E-state index contributed by atoms with van der Waals surface area (Å²) in [6, 6.07) is 4.45. The van der Waals surface area contributed by atoms with Gasteiger partial charge >= 0.3 is 0 Å². The lowest BCUT2D eigenvalue weighted by molar-refractivity contribution is 0.598. The summed E-state index contributed by atoms with van der Waals surface area (Å²) in [7, 11) is -2.02. The zero-order valence-corrected chi connectivity index (χ0v) is 11.1. The molecule has 2 aromatic rings. The number of anilines is 2. The van der Waals surface area contributed by atoms with Gasteiger partial charge < -0.3 is 11.1 Å². The van der Waals surface area contributed by atoms with Crippen molar-refractivity contribution in [2.45, 2.75) is 11.4 Å². The number of nitrogens with two attached hydrogens (primary N) is 2. The van der Waals surface area contributed by atoms with Crippen LogP contribution < -0.4 is 16.2 Å². The number of nitrogens with zero attached hydrogens (tertiary/aromatic N) is 3. The molecule has 8 nitrogen and oxygen atoms in total. The van der Waals surface area contributed by atoms with Gasteiger partial charge in [0.15, 0.2) is 5.82 Å². The summed E-state index contributed by atoms with van der Waals surface area (Å²) in [5, 5.41) is 12.2. The van der Waals surface area contributed by atoms with Crippen molar-refractivity contribution in [2.24, 2.45) is 12.2 Å². The van der Waals surface area contributed by atoms with Crippen molar-refractivity contribution < 1.29 is 8.42 Å². The van der Waals surface area contributed by atoms with Crippen LogP contribution in [0.3, 0.4) is 0 Å². The fourth-order valence-electron chi connectivity index (χ4n) is 1.56. The molecular formula is C10H14N6O2S. The van der Waals surface area contributed by atoms with Crippen molar-refractivity contribution >= 4 is 21.4 Å². The Kier molecular flexibility index (Phi) is 3.40. The van der Waals surface area contributed by atoms with E-state index in [1.165, 1.54) is 12.1 Å². The molecule has 102 valence electrons. The largest absolute Gasteiger partial charge is 0.398 e. The quantitative estimate of drug-likeness (QED) is 0.658. The maximum absolute atomic E-state index is 11.2. The molecule has 0 saturated carbocycles. The molecule has 0 aliphatic heterocycles. The molecular weight excluding hydrogens is 268 g/mol. The lowest BCUT2D eigenvalue weighted by Gasteiger charge is -2.07.